The average Bonchev–Trinajstić information content (AvgIpc) is 2.63. The van der Waals surface area contributed by atoms with Gasteiger partial charge in [0.2, 0.25) is 0 Å². The van der Waals surface area contributed by atoms with E-state index in [4.69, 9.17) is 9.15 Å². The lowest BCUT2D eigenvalue weighted by molar-refractivity contribution is 0.107. The van der Waals surface area contributed by atoms with Gasteiger partial charge in [-0.05, 0) is 19.0 Å². The van der Waals surface area contributed by atoms with Crippen LogP contribution in [0.3, 0.4) is 0 Å². The molecule has 0 bridgehead atoms. The van der Waals surface area contributed by atoms with E-state index in [2.05, 4.69) is 19.2 Å². The summed E-state index contributed by atoms with van der Waals surface area (Å²) >= 11 is 0. The van der Waals surface area contributed by atoms with Crippen molar-refractivity contribution in [3.05, 3.63) is 23.7 Å². The lowest BCUT2D eigenvalue weighted by atomic mass is 10.3. The summed E-state index contributed by atoms with van der Waals surface area (Å²) in [5.41, 5.74) is 1.18. The van der Waals surface area contributed by atoms with Gasteiger partial charge in [-0.2, -0.15) is 0 Å². The van der Waals surface area contributed by atoms with Gasteiger partial charge in [-0.1, -0.05) is 13.8 Å². The van der Waals surface area contributed by atoms with E-state index in [9.17, 15) is 0 Å². The fourth-order valence-corrected chi connectivity index (χ4v) is 1.18. The summed E-state index contributed by atoms with van der Waals surface area (Å²) in [6, 6.07) is 2.04. The van der Waals surface area contributed by atoms with E-state index in [1.165, 1.54) is 5.56 Å². The van der Waals surface area contributed by atoms with E-state index in [1.807, 2.05) is 6.07 Å². The number of rotatable bonds is 7. The van der Waals surface area contributed by atoms with Crippen LogP contribution >= 0.6 is 0 Å². The normalized spacial score (nSPS) is 10.7. The molecule has 0 radical (unpaired) electrons. The number of ether oxygens (including phenoxy) is 1. The van der Waals surface area contributed by atoms with E-state index >= 15 is 0 Å². The van der Waals surface area contributed by atoms with Crippen molar-refractivity contribution in [1.29, 1.82) is 0 Å². The number of hydrogen-bond donors (Lipinski definition) is 1. The zero-order valence-corrected chi connectivity index (χ0v) is 9.01. The molecule has 1 N–H and O–H groups in total. The highest BCUT2D eigenvalue weighted by atomic mass is 16.5. The Labute approximate surface area is 85.4 Å². The average molecular weight is 197 g/mol. The van der Waals surface area contributed by atoms with Crippen molar-refractivity contribution < 1.29 is 9.15 Å². The standard InChI is InChI=1S/C11H19NO2/c1-3-5-13-9-11-6-10(8-14-11)7-12-4-2/h6,8,12H,3-5,7,9H2,1-2H3. The van der Waals surface area contributed by atoms with Crippen LogP contribution in [0.25, 0.3) is 0 Å². The van der Waals surface area contributed by atoms with Crippen LogP contribution in [0.4, 0.5) is 0 Å². The predicted octanol–water partition coefficient (Wildman–Crippen LogP) is 2.32. The molecule has 0 spiro atoms. The number of hydrogen-bond acceptors (Lipinski definition) is 3. The van der Waals surface area contributed by atoms with E-state index in [-0.39, 0.29) is 0 Å². The summed E-state index contributed by atoms with van der Waals surface area (Å²) in [5.74, 6) is 0.909. The molecule has 0 unspecified atom stereocenters. The molecule has 0 saturated carbocycles. The molecule has 1 aromatic heterocycles. The zero-order chi connectivity index (χ0) is 10.2. The minimum Gasteiger partial charge on any atom is -0.467 e. The first kappa shape index (κ1) is 11.3. The first-order chi connectivity index (χ1) is 6.86. The van der Waals surface area contributed by atoms with Gasteiger partial charge in [-0.25, -0.2) is 0 Å². The molecule has 0 fully saturated rings. The quantitative estimate of drug-likeness (QED) is 0.681. The summed E-state index contributed by atoms with van der Waals surface area (Å²) in [5, 5.41) is 3.24. The maximum absolute atomic E-state index is 5.37. The Morgan fingerprint density at radius 1 is 1.43 bits per heavy atom. The Hall–Kier alpha value is -0.800. The Morgan fingerprint density at radius 3 is 3.00 bits per heavy atom. The molecule has 0 aliphatic carbocycles. The minimum atomic E-state index is 0.583. The third kappa shape index (κ3) is 3.94. The molecule has 80 valence electrons. The Balaban J connectivity index is 2.27. The van der Waals surface area contributed by atoms with Crippen LogP contribution in [0.2, 0.25) is 0 Å². The molecule has 1 aromatic rings. The van der Waals surface area contributed by atoms with E-state index in [0.717, 1.165) is 31.9 Å². The first-order valence-electron chi connectivity index (χ1n) is 5.21. The van der Waals surface area contributed by atoms with Crippen LogP contribution in [0.15, 0.2) is 16.7 Å². The third-order valence-electron chi connectivity index (χ3n) is 1.88. The van der Waals surface area contributed by atoms with Gasteiger partial charge in [0.1, 0.15) is 12.4 Å². The molecule has 1 rings (SSSR count). The van der Waals surface area contributed by atoms with E-state index < -0.39 is 0 Å². The second-order valence-electron chi connectivity index (χ2n) is 3.25. The lowest BCUT2D eigenvalue weighted by Gasteiger charge is -1.97. The summed E-state index contributed by atoms with van der Waals surface area (Å²) in [6.45, 7) is 7.41. The largest absolute Gasteiger partial charge is 0.467 e. The SMILES string of the molecule is CCCOCc1cc(CNCC)co1. The summed E-state index contributed by atoms with van der Waals surface area (Å²) < 4.78 is 10.7. The fraction of sp³-hybridized carbons (Fsp3) is 0.636. The minimum absolute atomic E-state index is 0.583. The van der Waals surface area contributed by atoms with Gasteiger partial charge in [0, 0.05) is 18.7 Å². The van der Waals surface area contributed by atoms with Crippen LogP contribution in [-0.4, -0.2) is 13.2 Å². The van der Waals surface area contributed by atoms with Crippen LogP contribution in [-0.2, 0) is 17.9 Å². The maximum atomic E-state index is 5.37. The van der Waals surface area contributed by atoms with E-state index in [1.54, 1.807) is 6.26 Å². The molecule has 0 aromatic carbocycles. The van der Waals surface area contributed by atoms with Crippen molar-refractivity contribution in [2.75, 3.05) is 13.2 Å². The Kier molecular flexibility index (Phi) is 5.33. The van der Waals surface area contributed by atoms with Crippen LogP contribution in [0.1, 0.15) is 31.6 Å². The molecular weight excluding hydrogens is 178 g/mol. The van der Waals surface area contributed by atoms with Crippen molar-refractivity contribution in [3.63, 3.8) is 0 Å². The van der Waals surface area contributed by atoms with Crippen molar-refractivity contribution in [3.8, 4) is 0 Å². The van der Waals surface area contributed by atoms with Crippen molar-refractivity contribution >= 4 is 0 Å². The highest BCUT2D eigenvalue weighted by Gasteiger charge is 2.00. The van der Waals surface area contributed by atoms with Crippen molar-refractivity contribution in [2.24, 2.45) is 0 Å². The van der Waals surface area contributed by atoms with Crippen LogP contribution in [0.5, 0.6) is 0 Å². The zero-order valence-electron chi connectivity index (χ0n) is 9.01. The van der Waals surface area contributed by atoms with E-state index in [0.29, 0.717) is 6.61 Å². The Morgan fingerprint density at radius 2 is 2.29 bits per heavy atom. The molecule has 0 amide bonds. The molecule has 14 heavy (non-hydrogen) atoms. The van der Waals surface area contributed by atoms with Crippen molar-refractivity contribution in [2.45, 2.75) is 33.4 Å². The summed E-state index contributed by atoms with van der Waals surface area (Å²) in [6.07, 6.45) is 2.83. The molecular formula is C11H19NO2. The van der Waals surface area contributed by atoms with Gasteiger partial charge in [0.05, 0.1) is 6.26 Å². The molecule has 1 heterocycles. The molecule has 0 aliphatic rings. The lowest BCUT2D eigenvalue weighted by Crippen LogP contribution is -2.10. The molecule has 0 saturated heterocycles. The third-order valence-corrected chi connectivity index (χ3v) is 1.88. The maximum Gasteiger partial charge on any atom is 0.129 e. The van der Waals surface area contributed by atoms with Gasteiger partial charge < -0.3 is 14.5 Å². The second-order valence-corrected chi connectivity index (χ2v) is 3.25. The van der Waals surface area contributed by atoms with Gasteiger partial charge in [-0.15, -0.1) is 0 Å². The summed E-state index contributed by atoms with van der Waals surface area (Å²) in [4.78, 5) is 0. The monoisotopic (exact) mass is 197 g/mol. The predicted molar refractivity (Wildman–Crippen MR) is 56.0 cm³/mol. The fourth-order valence-electron chi connectivity index (χ4n) is 1.18. The number of nitrogens with one attached hydrogen (secondary N) is 1. The highest BCUT2D eigenvalue weighted by Crippen LogP contribution is 2.08. The topological polar surface area (TPSA) is 34.4 Å². The Bertz CT molecular complexity index is 245. The smallest absolute Gasteiger partial charge is 0.129 e. The van der Waals surface area contributed by atoms with Crippen molar-refractivity contribution in [1.82, 2.24) is 5.32 Å². The number of furan rings is 1. The first-order valence-corrected chi connectivity index (χ1v) is 5.21. The summed E-state index contributed by atoms with van der Waals surface area (Å²) in [7, 11) is 0. The van der Waals surface area contributed by atoms with Gasteiger partial charge in [0.15, 0.2) is 0 Å². The highest BCUT2D eigenvalue weighted by molar-refractivity contribution is 5.11. The van der Waals surface area contributed by atoms with Gasteiger partial charge >= 0.3 is 0 Å². The van der Waals surface area contributed by atoms with Crippen LogP contribution in [0, 0.1) is 0 Å². The van der Waals surface area contributed by atoms with Gasteiger partial charge in [-0.3, -0.25) is 0 Å². The molecule has 3 heteroatoms. The van der Waals surface area contributed by atoms with Gasteiger partial charge in [0.25, 0.3) is 0 Å². The molecule has 3 nitrogen and oxygen atoms in total. The second kappa shape index (κ2) is 6.62. The molecule has 0 atom stereocenters. The van der Waals surface area contributed by atoms with Crippen LogP contribution < -0.4 is 5.32 Å². The molecule has 0 aliphatic heterocycles.